The summed E-state index contributed by atoms with van der Waals surface area (Å²) >= 11 is 0. The number of carbonyl (C=O) groups excluding carboxylic acids is 1. The number of nitrogens with one attached hydrogen (secondary N) is 1. The molecule has 0 aromatic carbocycles. The predicted molar refractivity (Wildman–Crippen MR) is 31.0 cm³/mol. The highest BCUT2D eigenvalue weighted by Crippen LogP contribution is 1.79. The van der Waals surface area contributed by atoms with Gasteiger partial charge in [-0.3, -0.25) is 4.79 Å². The van der Waals surface area contributed by atoms with Crippen molar-refractivity contribution in [2.24, 2.45) is 0 Å². The molecule has 0 atom stereocenters. The van der Waals surface area contributed by atoms with Crippen LogP contribution in [0.4, 0.5) is 0 Å². The third kappa shape index (κ3) is 7.39. The first-order chi connectivity index (χ1) is 4.27. The van der Waals surface area contributed by atoms with E-state index in [0.717, 1.165) is 0 Å². The van der Waals surface area contributed by atoms with E-state index in [2.05, 4.69) is 4.74 Å². The molecule has 0 aromatic heterocycles. The van der Waals surface area contributed by atoms with Crippen LogP contribution in [0.1, 0.15) is 13.3 Å². The molecule has 0 aliphatic heterocycles. The maximum Gasteiger partial charge on any atom is 0.302 e. The van der Waals surface area contributed by atoms with Crippen molar-refractivity contribution in [3.8, 4) is 0 Å². The van der Waals surface area contributed by atoms with E-state index in [1.807, 2.05) is 5.48 Å². The minimum Gasteiger partial charge on any atom is -0.466 e. The smallest absolute Gasteiger partial charge is 0.302 e. The van der Waals surface area contributed by atoms with Gasteiger partial charge in [0.2, 0.25) is 0 Å². The molecule has 0 aromatic rings. The van der Waals surface area contributed by atoms with Gasteiger partial charge in [0.25, 0.3) is 0 Å². The van der Waals surface area contributed by atoms with Gasteiger partial charge >= 0.3 is 5.97 Å². The summed E-state index contributed by atoms with van der Waals surface area (Å²) in [5.74, 6) is -0.284. The lowest BCUT2D eigenvalue weighted by molar-refractivity contribution is -0.141. The van der Waals surface area contributed by atoms with Gasteiger partial charge in [0.1, 0.15) is 0 Å². The molecule has 0 aliphatic carbocycles. The van der Waals surface area contributed by atoms with Gasteiger partial charge < -0.3 is 9.94 Å². The van der Waals surface area contributed by atoms with Crippen LogP contribution in [0.5, 0.6) is 0 Å². The molecule has 0 radical (unpaired) electrons. The van der Waals surface area contributed by atoms with Crippen molar-refractivity contribution in [2.45, 2.75) is 13.3 Å². The Morgan fingerprint density at radius 1 is 1.78 bits per heavy atom. The third-order valence-corrected chi connectivity index (χ3v) is 0.738. The molecule has 4 heteroatoms. The summed E-state index contributed by atoms with van der Waals surface area (Å²) < 4.78 is 4.55. The normalized spacial score (nSPS) is 9.11. The van der Waals surface area contributed by atoms with Crippen molar-refractivity contribution >= 4 is 5.97 Å². The van der Waals surface area contributed by atoms with Crippen LogP contribution in [-0.2, 0) is 9.53 Å². The summed E-state index contributed by atoms with van der Waals surface area (Å²) in [6.07, 6.45) is 0.635. The fourth-order valence-electron chi connectivity index (χ4n) is 0.367. The molecule has 0 rings (SSSR count). The van der Waals surface area contributed by atoms with E-state index < -0.39 is 0 Å². The lowest BCUT2D eigenvalue weighted by Gasteiger charge is -1.98. The average molecular weight is 133 g/mol. The molecule has 0 aliphatic rings. The Hall–Kier alpha value is -0.610. The van der Waals surface area contributed by atoms with Crippen molar-refractivity contribution in [2.75, 3.05) is 13.2 Å². The number of carbonyl (C=O) groups is 1. The van der Waals surface area contributed by atoms with E-state index in [9.17, 15) is 4.79 Å². The van der Waals surface area contributed by atoms with Crippen LogP contribution in [-0.4, -0.2) is 24.3 Å². The summed E-state index contributed by atoms with van der Waals surface area (Å²) in [5, 5.41) is 8.04. The van der Waals surface area contributed by atoms with Crippen molar-refractivity contribution in [3.05, 3.63) is 0 Å². The SMILES string of the molecule is CC(=O)OCCCNO. The molecule has 2 N–H and O–H groups in total. The number of esters is 1. The topological polar surface area (TPSA) is 58.6 Å². The molecule has 4 nitrogen and oxygen atoms in total. The first kappa shape index (κ1) is 8.39. The van der Waals surface area contributed by atoms with E-state index in [1.165, 1.54) is 6.92 Å². The Kier molecular flexibility index (Phi) is 5.15. The monoisotopic (exact) mass is 133 g/mol. The van der Waals surface area contributed by atoms with E-state index in [1.54, 1.807) is 0 Å². The van der Waals surface area contributed by atoms with Gasteiger partial charge in [-0.2, -0.15) is 0 Å². The summed E-state index contributed by atoms with van der Waals surface area (Å²) in [6, 6.07) is 0. The number of hydrogen-bond donors (Lipinski definition) is 2. The van der Waals surface area contributed by atoms with Crippen molar-refractivity contribution in [1.82, 2.24) is 5.48 Å². The second-order valence-corrected chi connectivity index (χ2v) is 1.60. The lowest BCUT2D eigenvalue weighted by atomic mass is 10.5. The average Bonchev–Trinajstić information content (AvgIpc) is 1.80. The number of hydrogen-bond acceptors (Lipinski definition) is 4. The van der Waals surface area contributed by atoms with Crippen LogP contribution in [0.25, 0.3) is 0 Å². The van der Waals surface area contributed by atoms with Crippen molar-refractivity contribution < 1.29 is 14.7 Å². The molecule has 0 unspecified atom stereocenters. The second kappa shape index (κ2) is 5.53. The molecule has 54 valence electrons. The van der Waals surface area contributed by atoms with Gasteiger partial charge in [-0.25, -0.2) is 5.48 Å². The Labute approximate surface area is 53.8 Å². The number of rotatable bonds is 4. The van der Waals surface area contributed by atoms with Crippen LogP contribution in [0.3, 0.4) is 0 Å². The predicted octanol–water partition coefficient (Wildman–Crippen LogP) is -0.0816. The van der Waals surface area contributed by atoms with Crippen LogP contribution in [0.15, 0.2) is 0 Å². The van der Waals surface area contributed by atoms with E-state index in [4.69, 9.17) is 5.21 Å². The highest BCUT2D eigenvalue weighted by molar-refractivity contribution is 5.65. The van der Waals surface area contributed by atoms with Gasteiger partial charge in [0, 0.05) is 13.5 Å². The zero-order valence-corrected chi connectivity index (χ0v) is 5.39. The van der Waals surface area contributed by atoms with Gasteiger partial charge in [0.15, 0.2) is 0 Å². The summed E-state index contributed by atoms with van der Waals surface area (Å²) in [7, 11) is 0. The lowest BCUT2D eigenvalue weighted by Crippen LogP contribution is -2.12. The molecule has 0 spiro atoms. The van der Waals surface area contributed by atoms with E-state index in [-0.39, 0.29) is 5.97 Å². The molecule has 0 saturated carbocycles. The molecular formula is C5H11NO3. The molecular weight excluding hydrogens is 122 g/mol. The Balaban J connectivity index is 2.83. The quantitative estimate of drug-likeness (QED) is 0.320. The zero-order valence-electron chi connectivity index (χ0n) is 5.39. The Bertz CT molecular complexity index is 84.3. The molecule has 0 fully saturated rings. The maximum atomic E-state index is 10.1. The summed E-state index contributed by atoms with van der Waals surface area (Å²) in [5.41, 5.74) is 1.95. The molecule has 0 amide bonds. The molecule has 0 saturated heterocycles. The van der Waals surface area contributed by atoms with Crippen LogP contribution in [0, 0.1) is 0 Å². The molecule has 9 heavy (non-hydrogen) atoms. The van der Waals surface area contributed by atoms with Crippen LogP contribution in [0.2, 0.25) is 0 Å². The van der Waals surface area contributed by atoms with Gasteiger partial charge in [0.05, 0.1) is 6.61 Å². The summed E-state index contributed by atoms with van der Waals surface area (Å²) in [6.45, 7) is 2.17. The van der Waals surface area contributed by atoms with Gasteiger partial charge in [-0.05, 0) is 6.42 Å². The second-order valence-electron chi connectivity index (χ2n) is 1.60. The zero-order chi connectivity index (χ0) is 7.11. The van der Waals surface area contributed by atoms with E-state index >= 15 is 0 Å². The highest BCUT2D eigenvalue weighted by atomic mass is 16.5. The minimum absolute atomic E-state index is 0.284. The fraction of sp³-hybridized carbons (Fsp3) is 0.800. The molecule has 0 heterocycles. The Morgan fingerprint density at radius 3 is 2.89 bits per heavy atom. The number of ether oxygens (including phenoxy) is 1. The first-order valence-corrected chi connectivity index (χ1v) is 2.77. The summed E-state index contributed by atoms with van der Waals surface area (Å²) in [4.78, 5) is 10.1. The molecule has 0 bridgehead atoms. The Morgan fingerprint density at radius 2 is 2.44 bits per heavy atom. The standard InChI is InChI=1S/C5H11NO3/c1-5(7)9-4-2-3-6-8/h6,8H,2-4H2,1H3. The first-order valence-electron chi connectivity index (χ1n) is 2.77. The van der Waals surface area contributed by atoms with Crippen molar-refractivity contribution in [1.29, 1.82) is 0 Å². The highest BCUT2D eigenvalue weighted by Gasteiger charge is 1.89. The number of hydroxylamine groups is 1. The van der Waals surface area contributed by atoms with Gasteiger partial charge in [-0.1, -0.05) is 0 Å². The fourth-order valence-corrected chi connectivity index (χ4v) is 0.367. The minimum atomic E-state index is -0.284. The largest absolute Gasteiger partial charge is 0.466 e. The van der Waals surface area contributed by atoms with Crippen LogP contribution < -0.4 is 5.48 Å². The van der Waals surface area contributed by atoms with Gasteiger partial charge in [-0.15, -0.1) is 0 Å². The third-order valence-electron chi connectivity index (χ3n) is 0.738. The van der Waals surface area contributed by atoms with Crippen LogP contribution >= 0.6 is 0 Å². The van der Waals surface area contributed by atoms with Crippen molar-refractivity contribution in [3.63, 3.8) is 0 Å². The van der Waals surface area contributed by atoms with E-state index in [0.29, 0.717) is 19.6 Å². The maximum absolute atomic E-state index is 10.1.